The maximum absolute atomic E-state index is 13.3. The quantitative estimate of drug-likeness (QED) is 0.333. The highest BCUT2D eigenvalue weighted by atomic mass is 16.6. The first-order chi connectivity index (χ1) is 14.8. The highest BCUT2D eigenvalue weighted by molar-refractivity contribution is 5.91. The van der Waals surface area contributed by atoms with Crippen molar-refractivity contribution in [2.75, 3.05) is 0 Å². The monoisotopic (exact) mass is 424 g/mol. The highest BCUT2D eigenvalue weighted by Gasteiger charge is 2.49. The Balaban J connectivity index is 1.90. The van der Waals surface area contributed by atoms with E-state index in [9.17, 15) is 24.9 Å². The Labute approximate surface area is 176 Å². The van der Waals surface area contributed by atoms with E-state index in [1.54, 1.807) is 31.2 Å². The van der Waals surface area contributed by atoms with Crippen LogP contribution >= 0.6 is 0 Å². The van der Waals surface area contributed by atoms with Crippen LogP contribution in [0.15, 0.2) is 29.1 Å². The summed E-state index contributed by atoms with van der Waals surface area (Å²) in [5.74, 6) is -0.788. The number of carbonyl (C=O) groups excluding carboxylic acids is 1. The number of phenols is 1. The van der Waals surface area contributed by atoms with E-state index in [2.05, 4.69) is 4.98 Å². The molecule has 5 rings (SSSR count). The lowest BCUT2D eigenvalue weighted by Gasteiger charge is -2.34. The van der Waals surface area contributed by atoms with Crippen LogP contribution in [0.1, 0.15) is 37.0 Å². The number of aliphatic hydroxyl groups is 2. The summed E-state index contributed by atoms with van der Waals surface area (Å²) in [4.78, 5) is 30.5. The number of ether oxygens (including phenoxy) is 2. The fourth-order valence-electron chi connectivity index (χ4n) is 4.39. The predicted molar refractivity (Wildman–Crippen MR) is 108 cm³/mol. The third-order valence-corrected chi connectivity index (χ3v) is 5.88. The first-order valence-electron chi connectivity index (χ1n) is 9.92. The van der Waals surface area contributed by atoms with E-state index in [1.165, 1.54) is 11.5 Å². The second-order valence-electron chi connectivity index (χ2n) is 7.77. The van der Waals surface area contributed by atoms with E-state index in [1.807, 2.05) is 0 Å². The molecule has 0 aliphatic carbocycles. The largest absolute Gasteiger partial charge is 0.507 e. The molecule has 3 N–H and O–H groups in total. The summed E-state index contributed by atoms with van der Waals surface area (Å²) in [5, 5.41) is 31.9. The lowest BCUT2D eigenvalue weighted by molar-refractivity contribution is -0.172. The van der Waals surface area contributed by atoms with E-state index < -0.39 is 23.4 Å². The van der Waals surface area contributed by atoms with E-state index in [0.717, 1.165) is 0 Å². The Hall–Kier alpha value is -3.43. The minimum Gasteiger partial charge on any atom is -0.507 e. The molecule has 1 aromatic carbocycles. The number of fused-ring (bicyclic) bond motifs is 5. The maximum Gasteiger partial charge on any atom is 0.343 e. The van der Waals surface area contributed by atoms with Crippen molar-refractivity contribution in [1.82, 2.24) is 9.55 Å². The van der Waals surface area contributed by atoms with Crippen LogP contribution < -0.4 is 10.3 Å². The highest BCUT2D eigenvalue weighted by Crippen LogP contribution is 2.47. The molecule has 2 atom stereocenters. The number of hydrogen-bond donors (Lipinski definition) is 3. The first-order valence-corrected chi connectivity index (χ1v) is 9.92. The molecule has 3 aromatic rings. The fourth-order valence-corrected chi connectivity index (χ4v) is 4.39. The number of aliphatic hydroxyl groups excluding tert-OH is 1. The van der Waals surface area contributed by atoms with Gasteiger partial charge in [-0.05, 0) is 31.5 Å². The van der Waals surface area contributed by atoms with Gasteiger partial charge in [0.2, 0.25) is 0 Å². The summed E-state index contributed by atoms with van der Waals surface area (Å²) >= 11 is 0. The number of hydrogen-bond acceptors (Lipinski definition) is 8. The van der Waals surface area contributed by atoms with Crippen molar-refractivity contribution < 1.29 is 29.6 Å². The minimum absolute atomic E-state index is 0.00839. The molecular formula is C22H20N2O7. The number of nitrogens with zero attached hydrogens (tertiary/aromatic N) is 2. The van der Waals surface area contributed by atoms with Crippen LogP contribution in [-0.2, 0) is 28.3 Å². The van der Waals surface area contributed by atoms with Crippen LogP contribution in [0.3, 0.4) is 0 Å². The van der Waals surface area contributed by atoms with Crippen molar-refractivity contribution in [3.05, 3.63) is 51.3 Å². The second-order valence-corrected chi connectivity index (χ2v) is 7.77. The second kappa shape index (κ2) is 6.53. The Morgan fingerprint density at radius 3 is 2.84 bits per heavy atom. The molecular weight excluding hydrogens is 404 g/mol. The van der Waals surface area contributed by atoms with Gasteiger partial charge in [-0.15, -0.1) is 0 Å². The molecule has 2 aliphatic rings. The van der Waals surface area contributed by atoms with Gasteiger partial charge in [-0.2, -0.15) is 0 Å². The topological polar surface area (TPSA) is 131 Å². The van der Waals surface area contributed by atoms with Crippen LogP contribution in [0.5, 0.6) is 11.5 Å². The number of benzene rings is 1. The maximum atomic E-state index is 13.3. The number of cyclic esters (lactones) is 1. The molecule has 31 heavy (non-hydrogen) atoms. The number of phenolic OH excluding ortho intramolecular Hbond substituents is 1. The van der Waals surface area contributed by atoms with Crippen LogP contribution in [-0.4, -0.2) is 37.1 Å². The van der Waals surface area contributed by atoms with Gasteiger partial charge in [-0.25, -0.2) is 9.78 Å². The van der Waals surface area contributed by atoms with Gasteiger partial charge in [-0.3, -0.25) is 9.36 Å². The van der Waals surface area contributed by atoms with Crippen molar-refractivity contribution in [3.63, 3.8) is 0 Å². The molecule has 4 heterocycles. The number of carbonyl (C=O) groups is 1. The van der Waals surface area contributed by atoms with E-state index in [0.29, 0.717) is 22.2 Å². The summed E-state index contributed by atoms with van der Waals surface area (Å²) in [6.45, 7) is 2.83. The summed E-state index contributed by atoms with van der Waals surface area (Å²) in [5.41, 5.74) is -0.560. The van der Waals surface area contributed by atoms with Crippen LogP contribution in [0.25, 0.3) is 22.3 Å². The molecule has 0 amide bonds. The zero-order valence-electron chi connectivity index (χ0n) is 16.9. The van der Waals surface area contributed by atoms with Crippen molar-refractivity contribution in [3.8, 4) is 22.9 Å². The summed E-state index contributed by atoms with van der Waals surface area (Å²) in [6, 6.07) is 6.68. The van der Waals surface area contributed by atoms with Gasteiger partial charge in [0.15, 0.2) is 17.6 Å². The lowest BCUT2D eigenvalue weighted by Crippen LogP contribution is -2.45. The number of rotatable bonds is 3. The number of aromatic nitrogens is 2. The standard InChI is InChI=1S/C22H20N2O7/c1-3-22(29)16-13(9-30-21(22)28)20(27)24-8-11-7-12-14(5-4-6-15(12)26)23-17(11)18(24)19(16)31-10(2)25/h4-7,10,25-26,29H,3,8-9H2,1-2H3/t10?,22-/m0/s1. The van der Waals surface area contributed by atoms with Gasteiger partial charge in [0.05, 0.1) is 28.9 Å². The van der Waals surface area contributed by atoms with Crippen molar-refractivity contribution in [2.45, 2.75) is 45.3 Å². The van der Waals surface area contributed by atoms with Gasteiger partial charge < -0.3 is 24.8 Å². The van der Waals surface area contributed by atoms with Crippen LogP contribution in [0, 0.1) is 0 Å². The first kappa shape index (κ1) is 19.5. The van der Waals surface area contributed by atoms with E-state index in [-0.39, 0.29) is 47.9 Å². The van der Waals surface area contributed by atoms with Gasteiger partial charge in [0.1, 0.15) is 18.1 Å². The average Bonchev–Trinajstić information content (AvgIpc) is 3.11. The van der Waals surface area contributed by atoms with E-state index in [4.69, 9.17) is 9.47 Å². The van der Waals surface area contributed by atoms with Gasteiger partial charge >= 0.3 is 5.97 Å². The molecule has 0 fully saturated rings. The Kier molecular flexibility index (Phi) is 4.11. The van der Waals surface area contributed by atoms with Crippen LogP contribution in [0.4, 0.5) is 0 Å². The summed E-state index contributed by atoms with van der Waals surface area (Å²) in [7, 11) is 0. The lowest BCUT2D eigenvalue weighted by atomic mass is 9.85. The number of aromatic hydroxyl groups is 1. The van der Waals surface area contributed by atoms with Gasteiger partial charge in [0, 0.05) is 10.9 Å². The van der Waals surface area contributed by atoms with Crippen molar-refractivity contribution in [1.29, 1.82) is 0 Å². The summed E-state index contributed by atoms with van der Waals surface area (Å²) in [6.07, 6.45) is -1.33. The van der Waals surface area contributed by atoms with Gasteiger partial charge in [0.25, 0.3) is 5.56 Å². The minimum atomic E-state index is -2.09. The Morgan fingerprint density at radius 1 is 1.35 bits per heavy atom. The summed E-state index contributed by atoms with van der Waals surface area (Å²) < 4.78 is 12.2. The zero-order chi connectivity index (χ0) is 22.1. The molecule has 9 heteroatoms. The molecule has 0 saturated heterocycles. The fraction of sp³-hybridized carbons (Fsp3) is 0.318. The number of esters is 1. The average molecular weight is 424 g/mol. The smallest absolute Gasteiger partial charge is 0.343 e. The third kappa shape index (κ3) is 2.60. The molecule has 0 spiro atoms. The Bertz CT molecular complexity index is 1330. The van der Waals surface area contributed by atoms with Crippen LogP contribution in [0.2, 0.25) is 0 Å². The molecule has 2 aliphatic heterocycles. The SMILES string of the molecule is CC[C@@]1(O)C(=O)OCc2c1c(OC(C)O)c1n(c2=O)Cc2cc3c(O)cccc3nc2-1. The van der Waals surface area contributed by atoms with Crippen molar-refractivity contribution >= 4 is 16.9 Å². The Morgan fingerprint density at radius 2 is 2.13 bits per heavy atom. The van der Waals surface area contributed by atoms with E-state index >= 15 is 0 Å². The molecule has 9 nitrogen and oxygen atoms in total. The zero-order valence-corrected chi connectivity index (χ0v) is 16.9. The molecule has 1 unspecified atom stereocenters. The van der Waals surface area contributed by atoms with Crippen molar-refractivity contribution in [2.24, 2.45) is 0 Å². The third-order valence-electron chi connectivity index (χ3n) is 5.88. The molecule has 0 saturated carbocycles. The normalized spacial score (nSPS) is 20.1. The molecule has 0 bridgehead atoms. The number of pyridine rings is 2. The molecule has 2 aromatic heterocycles. The van der Waals surface area contributed by atoms with Gasteiger partial charge in [-0.1, -0.05) is 13.0 Å². The predicted octanol–water partition coefficient (Wildman–Crippen LogP) is 1.50. The molecule has 160 valence electrons. The molecule has 0 radical (unpaired) electrons.